The predicted octanol–water partition coefficient (Wildman–Crippen LogP) is 0.855. The van der Waals surface area contributed by atoms with Gasteiger partial charge in [0.1, 0.15) is 12.2 Å². The van der Waals surface area contributed by atoms with Crippen molar-refractivity contribution < 1.29 is 4.74 Å². The summed E-state index contributed by atoms with van der Waals surface area (Å²) < 4.78 is 7.13. The van der Waals surface area contributed by atoms with Crippen LogP contribution in [0, 0.1) is 0 Å². The van der Waals surface area contributed by atoms with E-state index in [1.807, 2.05) is 0 Å². The Labute approximate surface area is 97.2 Å². The molecule has 1 aromatic heterocycles. The molecule has 0 bridgehead atoms. The van der Waals surface area contributed by atoms with Crippen LogP contribution in [0.2, 0.25) is 0 Å². The van der Waals surface area contributed by atoms with Crippen molar-refractivity contribution >= 4 is 0 Å². The second kappa shape index (κ2) is 7.35. The van der Waals surface area contributed by atoms with E-state index in [9.17, 15) is 0 Å². The zero-order valence-corrected chi connectivity index (χ0v) is 10.4. The van der Waals surface area contributed by atoms with Crippen LogP contribution in [0.1, 0.15) is 26.1 Å². The Kier molecular flexibility index (Phi) is 6.03. The van der Waals surface area contributed by atoms with E-state index in [0.29, 0.717) is 6.04 Å². The molecule has 1 atom stereocenters. The number of nitrogens with one attached hydrogen (secondary N) is 1. The molecule has 0 saturated heterocycles. The first-order valence-corrected chi connectivity index (χ1v) is 5.87. The van der Waals surface area contributed by atoms with Gasteiger partial charge in [0.05, 0.1) is 0 Å². The molecule has 16 heavy (non-hydrogen) atoms. The van der Waals surface area contributed by atoms with E-state index in [0.717, 1.165) is 38.4 Å². The van der Waals surface area contributed by atoms with Gasteiger partial charge in [-0.15, -0.1) is 10.2 Å². The summed E-state index contributed by atoms with van der Waals surface area (Å²) >= 11 is 0. The molecule has 1 unspecified atom stereocenters. The van der Waals surface area contributed by atoms with Gasteiger partial charge >= 0.3 is 0 Å². The summed E-state index contributed by atoms with van der Waals surface area (Å²) in [5.41, 5.74) is 0. The van der Waals surface area contributed by atoms with Crippen molar-refractivity contribution in [3.05, 3.63) is 12.2 Å². The molecule has 0 aliphatic rings. The number of aryl methyl sites for hydroxylation is 1. The molecule has 0 aliphatic heterocycles. The fraction of sp³-hybridized carbons (Fsp3) is 0.818. The fourth-order valence-electron chi connectivity index (χ4n) is 1.57. The molecule has 0 saturated carbocycles. The van der Waals surface area contributed by atoms with E-state index in [1.165, 1.54) is 0 Å². The number of ether oxygens (including phenoxy) is 1. The van der Waals surface area contributed by atoms with Gasteiger partial charge in [-0.25, -0.2) is 0 Å². The third-order valence-electron chi connectivity index (χ3n) is 2.61. The fourth-order valence-corrected chi connectivity index (χ4v) is 1.57. The molecule has 0 spiro atoms. The molecular formula is C11H22N4O. The van der Waals surface area contributed by atoms with Crippen LogP contribution in [-0.2, 0) is 17.7 Å². The molecule has 0 fully saturated rings. The summed E-state index contributed by atoms with van der Waals surface area (Å²) in [5.74, 6) is 1.05. The first-order valence-electron chi connectivity index (χ1n) is 5.87. The lowest BCUT2D eigenvalue weighted by molar-refractivity contribution is 0.184. The highest BCUT2D eigenvalue weighted by molar-refractivity contribution is 4.84. The van der Waals surface area contributed by atoms with Gasteiger partial charge in [-0.05, 0) is 13.3 Å². The molecule has 1 rings (SSSR count). The summed E-state index contributed by atoms with van der Waals surface area (Å²) in [6.45, 7) is 6.94. The van der Waals surface area contributed by atoms with E-state index in [-0.39, 0.29) is 0 Å². The lowest BCUT2D eigenvalue weighted by Gasteiger charge is -2.13. The van der Waals surface area contributed by atoms with Crippen LogP contribution in [0.3, 0.4) is 0 Å². The van der Waals surface area contributed by atoms with Gasteiger partial charge < -0.3 is 14.6 Å². The quantitative estimate of drug-likeness (QED) is 0.714. The molecular weight excluding hydrogens is 204 g/mol. The van der Waals surface area contributed by atoms with Gasteiger partial charge in [0, 0.05) is 39.3 Å². The molecule has 0 aliphatic carbocycles. The maximum absolute atomic E-state index is 5.04. The van der Waals surface area contributed by atoms with Gasteiger partial charge in [0.15, 0.2) is 0 Å². The first-order chi connectivity index (χ1) is 7.77. The van der Waals surface area contributed by atoms with Crippen molar-refractivity contribution in [2.24, 2.45) is 0 Å². The van der Waals surface area contributed by atoms with Gasteiger partial charge in [-0.1, -0.05) is 6.92 Å². The van der Waals surface area contributed by atoms with E-state index < -0.39 is 0 Å². The molecule has 5 nitrogen and oxygen atoms in total. The van der Waals surface area contributed by atoms with Crippen molar-refractivity contribution in [3.8, 4) is 0 Å². The summed E-state index contributed by atoms with van der Waals surface area (Å²) in [6.07, 6.45) is 3.76. The molecule has 0 radical (unpaired) electrons. The monoisotopic (exact) mass is 226 g/mol. The number of rotatable bonds is 8. The van der Waals surface area contributed by atoms with Gasteiger partial charge in [0.25, 0.3) is 0 Å². The van der Waals surface area contributed by atoms with Crippen molar-refractivity contribution in [3.63, 3.8) is 0 Å². The molecule has 92 valence electrons. The minimum Gasteiger partial charge on any atom is -0.385 e. The number of aromatic nitrogens is 3. The Morgan fingerprint density at radius 3 is 3.06 bits per heavy atom. The van der Waals surface area contributed by atoms with Crippen LogP contribution in [0.4, 0.5) is 0 Å². The summed E-state index contributed by atoms with van der Waals surface area (Å²) in [4.78, 5) is 0. The van der Waals surface area contributed by atoms with E-state index in [1.54, 1.807) is 13.4 Å². The van der Waals surface area contributed by atoms with Crippen LogP contribution in [0.25, 0.3) is 0 Å². The highest BCUT2D eigenvalue weighted by Gasteiger charge is 2.03. The maximum atomic E-state index is 5.04. The van der Waals surface area contributed by atoms with Crippen molar-refractivity contribution in [2.75, 3.05) is 20.3 Å². The average molecular weight is 226 g/mol. The average Bonchev–Trinajstić information content (AvgIpc) is 2.74. The minimum atomic E-state index is 0.488. The molecule has 0 amide bonds. The Bertz CT molecular complexity index is 287. The Morgan fingerprint density at radius 2 is 2.38 bits per heavy atom. The number of hydrogen-bond donors (Lipinski definition) is 1. The highest BCUT2D eigenvalue weighted by Crippen LogP contribution is 1.96. The largest absolute Gasteiger partial charge is 0.385 e. The van der Waals surface area contributed by atoms with Crippen molar-refractivity contribution in [1.82, 2.24) is 20.1 Å². The topological polar surface area (TPSA) is 52.0 Å². The van der Waals surface area contributed by atoms with Gasteiger partial charge in [-0.2, -0.15) is 0 Å². The zero-order chi connectivity index (χ0) is 11.8. The Balaban J connectivity index is 2.20. The molecule has 1 heterocycles. The second-order valence-electron chi connectivity index (χ2n) is 3.93. The maximum Gasteiger partial charge on any atom is 0.132 e. The third-order valence-corrected chi connectivity index (χ3v) is 2.61. The van der Waals surface area contributed by atoms with Crippen LogP contribution in [0.15, 0.2) is 6.33 Å². The summed E-state index contributed by atoms with van der Waals surface area (Å²) in [6, 6.07) is 0.488. The predicted molar refractivity (Wildman–Crippen MR) is 63.4 cm³/mol. The number of nitrogens with zero attached hydrogens (tertiary/aromatic N) is 3. The lowest BCUT2D eigenvalue weighted by atomic mass is 10.2. The SMILES string of the molecule is CCc1nncn1CCNC(C)CCOC. The zero-order valence-electron chi connectivity index (χ0n) is 10.4. The first kappa shape index (κ1) is 13.1. The van der Waals surface area contributed by atoms with Crippen LogP contribution < -0.4 is 5.32 Å². The number of methoxy groups -OCH3 is 1. The highest BCUT2D eigenvalue weighted by atomic mass is 16.5. The number of hydrogen-bond acceptors (Lipinski definition) is 4. The molecule has 5 heteroatoms. The smallest absolute Gasteiger partial charge is 0.132 e. The molecule has 0 aromatic carbocycles. The lowest BCUT2D eigenvalue weighted by Crippen LogP contribution is -2.30. The van der Waals surface area contributed by atoms with Crippen LogP contribution in [-0.4, -0.2) is 41.1 Å². The minimum absolute atomic E-state index is 0.488. The molecule has 1 aromatic rings. The Hall–Kier alpha value is -0.940. The summed E-state index contributed by atoms with van der Waals surface area (Å²) in [5, 5.41) is 11.4. The van der Waals surface area contributed by atoms with E-state index in [2.05, 4.69) is 33.9 Å². The summed E-state index contributed by atoms with van der Waals surface area (Å²) in [7, 11) is 1.73. The molecule has 1 N–H and O–H groups in total. The van der Waals surface area contributed by atoms with Crippen LogP contribution >= 0.6 is 0 Å². The van der Waals surface area contributed by atoms with E-state index >= 15 is 0 Å². The normalized spacial score (nSPS) is 12.9. The van der Waals surface area contributed by atoms with Crippen molar-refractivity contribution in [1.29, 1.82) is 0 Å². The van der Waals surface area contributed by atoms with Crippen LogP contribution in [0.5, 0.6) is 0 Å². The van der Waals surface area contributed by atoms with Crippen molar-refractivity contribution in [2.45, 2.75) is 39.3 Å². The second-order valence-corrected chi connectivity index (χ2v) is 3.93. The van der Waals surface area contributed by atoms with Gasteiger partial charge in [-0.3, -0.25) is 0 Å². The van der Waals surface area contributed by atoms with Gasteiger partial charge in [0.2, 0.25) is 0 Å². The van der Waals surface area contributed by atoms with E-state index in [4.69, 9.17) is 4.74 Å². The Morgan fingerprint density at radius 1 is 1.56 bits per heavy atom. The third kappa shape index (κ3) is 4.28. The standard InChI is InChI=1S/C11H22N4O/c1-4-11-14-13-9-15(11)7-6-12-10(2)5-8-16-3/h9-10,12H,4-8H2,1-3H3.